The Balaban J connectivity index is 1.47. The third kappa shape index (κ3) is 3.67. The number of carbonyl (C=O) groups is 2. The molecule has 0 fully saturated rings. The van der Waals surface area contributed by atoms with E-state index < -0.39 is 0 Å². The molecule has 0 aliphatic carbocycles. The van der Waals surface area contributed by atoms with Crippen molar-refractivity contribution in [2.45, 2.75) is 18.1 Å². The van der Waals surface area contributed by atoms with Gasteiger partial charge in [0.2, 0.25) is 0 Å². The van der Waals surface area contributed by atoms with Gasteiger partial charge in [-0.05, 0) is 28.8 Å². The van der Waals surface area contributed by atoms with Crippen molar-refractivity contribution in [3.05, 3.63) is 107 Å². The van der Waals surface area contributed by atoms with E-state index in [2.05, 4.69) is 18.2 Å². The third-order valence-electron chi connectivity index (χ3n) is 4.69. The van der Waals surface area contributed by atoms with Gasteiger partial charge in [0, 0.05) is 11.5 Å². The molecule has 134 valence electrons. The summed E-state index contributed by atoms with van der Waals surface area (Å²) < 4.78 is 0. The first kappa shape index (κ1) is 17.6. The summed E-state index contributed by atoms with van der Waals surface area (Å²) in [5.74, 6) is 1.36. The van der Waals surface area contributed by atoms with E-state index >= 15 is 0 Å². The largest absolute Gasteiger partial charge is 0.270 e. The number of carbonyl (C=O) groups excluding carboxylic acids is 2. The zero-order chi connectivity index (χ0) is 18.6. The Hall–Kier alpha value is -2.85. The summed E-state index contributed by atoms with van der Waals surface area (Å²) in [6.45, 7) is 0.314. The van der Waals surface area contributed by atoms with Crippen molar-refractivity contribution < 1.29 is 9.59 Å². The molecule has 1 aliphatic heterocycles. The maximum absolute atomic E-state index is 12.6. The number of rotatable bonds is 6. The number of nitrogens with zero attached hydrogens (tertiary/aromatic N) is 1. The summed E-state index contributed by atoms with van der Waals surface area (Å²) in [5.41, 5.74) is 4.47. The van der Waals surface area contributed by atoms with Crippen LogP contribution < -0.4 is 0 Å². The maximum Gasteiger partial charge on any atom is 0.261 e. The van der Waals surface area contributed by atoms with E-state index in [1.807, 2.05) is 48.2 Å². The molecule has 0 radical (unpaired) electrons. The van der Waals surface area contributed by atoms with Gasteiger partial charge in [0.15, 0.2) is 0 Å². The van der Waals surface area contributed by atoms with Gasteiger partial charge in [0.25, 0.3) is 11.8 Å². The van der Waals surface area contributed by atoms with E-state index in [-0.39, 0.29) is 11.8 Å². The fourth-order valence-electron chi connectivity index (χ4n) is 3.26. The molecule has 27 heavy (non-hydrogen) atoms. The molecule has 0 N–H and O–H groups in total. The first-order valence-corrected chi connectivity index (χ1v) is 10.0. The van der Waals surface area contributed by atoms with Crippen molar-refractivity contribution in [2.24, 2.45) is 0 Å². The minimum Gasteiger partial charge on any atom is -0.270 e. The molecule has 4 heteroatoms. The molecule has 3 nitrogen and oxygen atoms in total. The average molecular weight is 373 g/mol. The number of imide groups is 1. The standard InChI is InChI=1S/C23H19NO2S/c25-22-20-12-6-7-13-21(20)23(26)24(22)14-18-10-4-5-11-19(18)16-27-15-17-8-2-1-3-9-17/h1-13H,14-16H2. The highest BCUT2D eigenvalue weighted by Crippen LogP contribution is 2.27. The number of amides is 2. The summed E-state index contributed by atoms with van der Waals surface area (Å²) >= 11 is 1.83. The summed E-state index contributed by atoms with van der Waals surface area (Å²) in [7, 11) is 0. The highest BCUT2D eigenvalue weighted by molar-refractivity contribution is 7.97. The molecule has 2 amide bonds. The summed E-state index contributed by atoms with van der Waals surface area (Å²) in [6.07, 6.45) is 0. The second kappa shape index (κ2) is 7.80. The van der Waals surface area contributed by atoms with Crippen LogP contribution in [0.5, 0.6) is 0 Å². The van der Waals surface area contributed by atoms with Gasteiger partial charge >= 0.3 is 0 Å². The number of fused-ring (bicyclic) bond motifs is 1. The zero-order valence-corrected chi connectivity index (χ0v) is 15.6. The molecule has 0 unspecified atom stereocenters. The Morgan fingerprint density at radius 1 is 0.630 bits per heavy atom. The van der Waals surface area contributed by atoms with Crippen LogP contribution in [0.4, 0.5) is 0 Å². The van der Waals surface area contributed by atoms with Gasteiger partial charge in [0.05, 0.1) is 17.7 Å². The smallest absolute Gasteiger partial charge is 0.261 e. The minimum absolute atomic E-state index is 0.206. The molecule has 1 aliphatic rings. The minimum atomic E-state index is -0.206. The summed E-state index contributed by atoms with van der Waals surface area (Å²) in [5, 5.41) is 0. The van der Waals surface area contributed by atoms with Crippen LogP contribution in [0.25, 0.3) is 0 Å². The van der Waals surface area contributed by atoms with Crippen molar-refractivity contribution in [2.75, 3.05) is 0 Å². The van der Waals surface area contributed by atoms with Crippen molar-refractivity contribution >= 4 is 23.6 Å². The fourth-order valence-corrected chi connectivity index (χ4v) is 4.29. The number of benzene rings is 3. The number of hydrogen-bond donors (Lipinski definition) is 0. The van der Waals surface area contributed by atoms with E-state index in [1.165, 1.54) is 10.5 Å². The Bertz CT molecular complexity index is 949. The molecule has 4 rings (SSSR count). The molecule has 0 spiro atoms. The Kier molecular flexibility index (Phi) is 5.07. The quantitative estimate of drug-likeness (QED) is 0.576. The van der Waals surface area contributed by atoms with Crippen molar-refractivity contribution in [3.63, 3.8) is 0 Å². The van der Waals surface area contributed by atoms with Crippen LogP contribution in [0, 0.1) is 0 Å². The molecule has 3 aromatic rings. The van der Waals surface area contributed by atoms with Gasteiger partial charge in [0.1, 0.15) is 0 Å². The molecule has 0 atom stereocenters. The first-order chi connectivity index (χ1) is 13.2. The van der Waals surface area contributed by atoms with E-state index in [0.717, 1.165) is 22.6 Å². The molecule has 1 heterocycles. The van der Waals surface area contributed by atoms with Crippen molar-refractivity contribution in [1.82, 2.24) is 4.90 Å². The maximum atomic E-state index is 12.6. The second-order valence-corrected chi connectivity index (χ2v) is 7.47. The van der Waals surface area contributed by atoms with Crippen LogP contribution in [-0.4, -0.2) is 16.7 Å². The topological polar surface area (TPSA) is 37.4 Å². The molecular formula is C23H19NO2S. The number of hydrogen-bond acceptors (Lipinski definition) is 3. The van der Waals surface area contributed by atoms with E-state index in [1.54, 1.807) is 24.3 Å². The van der Waals surface area contributed by atoms with E-state index in [0.29, 0.717) is 17.7 Å². The lowest BCUT2D eigenvalue weighted by atomic mass is 10.1. The average Bonchev–Trinajstić information content (AvgIpc) is 2.95. The Labute approximate surface area is 163 Å². The normalized spacial score (nSPS) is 13.1. The molecule has 0 bridgehead atoms. The monoisotopic (exact) mass is 373 g/mol. The lowest BCUT2D eigenvalue weighted by Crippen LogP contribution is -2.29. The van der Waals surface area contributed by atoms with Gasteiger partial charge in [-0.2, -0.15) is 11.8 Å². The van der Waals surface area contributed by atoms with Gasteiger partial charge in [-0.25, -0.2) is 0 Å². The summed E-state index contributed by atoms with van der Waals surface area (Å²) in [6, 6.07) is 25.4. The highest BCUT2D eigenvalue weighted by atomic mass is 32.2. The van der Waals surface area contributed by atoms with Gasteiger partial charge in [-0.3, -0.25) is 14.5 Å². The predicted octanol–water partition coefficient (Wildman–Crippen LogP) is 4.92. The van der Waals surface area contributed by atoms with Gasteiger partial charge in [-0.1, -0.05) is 66.7 Å². The fraction of sp³-hybridized carbons (Fsp3) is 0.130. The second-order valence-electron chi connectivity index (χ2n) is 6.49. The lowest BCUT2D eigenvalue weighted by Gasteiger charge is -2.16. The predicted molar refractivity (Wildman–Crippen MR) is 109 cm³/mol. The van der Waals surface area contributed by atoms with Crippen LogP contribution in [0.2, 0.25) is 0 Å². The van der Waals surface area contributed by atoms with Crippen LogP contribution in [0.3, 0.4) is 0 Å². The van der Waals surface area contributed by atoms with Crippen LogP contribution in [0.15, 0.2) is 78.9 Å². The van der Waals surface area contributed by atoms with Crippen molar-refractivity contribution in [3.8, 4) is 0 Å². The third-order valence-corrected chi connectivity index (χ3v) is 5.75. The van der Waals surface area contributed by atoms with Crippen LogP contribution >= 0.6 is 11.8 Å². The molecule has 0 saturated carbocycles. The highest BCUT2D eigenvalue weighted by Gasteiger charge is 2.35. The van der Waals surface area contributed by atoms with Crippen molar-refractivity contribution in [1.29, 1.82) is 0 Å². The summed E-state index contributed by atoms with van der Waals surface area (Å²) in [4.78, 5) is 26.6. The molecular weight excluding hydrogens is 354 g/mol. The van der Waals surface area contributed by atoms with Crippen LogP contribution in [0.1, 0.15) is 37.4 Å². The molecule has 0 aromatic heterocycles. The van der Waals surface area contributed by atoms with E-state index in [4.69, 9.17) is 0 Å². The Morgan fingerprint density at radius 2 is 1.19 bits per heavy atom. The lowest BCUT2D eigenvalue weighted by molar-refractivity contribution is 0.0642. The Morgan fingerprint density at radius 3 is 1.85 bits per heavy atom. The molecule has 0 saturated heterocycles. The van der Waals surface area contributed by atoms with Gasteiger partial charge < -0.3 is 0 Å². The zero-order valence-electron chi connectivity index (χ0n) is 14.8. The first-order valence-electron chi connectivity index (χ1n) is 8.88. The SMILES string of the molecule is O=C1c2ccccc2C(=O)N1Cc1ccccc1CSCc1ccccc1. The van der Waals surface area contributed by atoms with E-state index in [9.17, 15) is 9.59 Å². The number of thioether (sulfide) groups is 1. The molecule has 3 aromatic carbocycles. The van der Waals surface area contributed by atoms with Crippen LogP contribution in [-0.2, 0) is 18.1 Å². The van der Waals surface area contributed by atoms with Gasteiger partial charge in [-0.15, -0.1) is 0 Å².